The number of unbranched alkanes of at least 4 members (excludes halogenated alkanes) is 1. The standard InChI is InChI=1S/C20H24N4O4/c1-3-4-10-24-17-16(19(27)23(2)20(24)28)14(18(26)22-17)11-15(25)21-12-13-8-6-5-7-9-13/h5-9,14H,3-4,10-12H2,1-2H3,(H,21,25)(H,22,26). The zero-order valence-corrected chi connectivity index (χ0v) is 16.0. The van der Waals surface area contributed by atoms with Crippen LogP contribution in [0.4, 0.5) is 5.82 Å². The lowest BCUT2D eigenvalue weighted by Gasteiger charge is -2.13. The summed E-state index contributed by atoms with van der Waals surface area (Å²) in [6.45, 7) is 2.74. The lowest BCUT2D eigenvalue weighted by Crippen LogP contribution is -2.40. The van der Waals surface area contributed by atoms with Crippen LogP contribution in [0.1, 0.15) is 43.2 Å². The number of hydrogen-bond acceptors (Lipinski definition) is 4. The highest BCUT2D eigenvalue weighted by Gasteiger charge is 2.38. The number of aromatic nitrogens is 2. The van der Waals surface area contributed by atoms with E-state index >= 15 is 0 Å². The highest BCUT2D eigenvalue weighted by molar-refractivity contribution is 6.03. The van der Waals surface area contributed by atoms with Gasteiger partial charge in [-0.3, -0.25) is 23.5 Å². The van der Waals surface area contributed by atoms with E-state index in [4.69, 9.17) is 0 Å². The molecule has 8 nitrogen and oxygen atoms in total. The predicted octanol–water partition coefficient (Wildman–Crippen LogP) is 1.09. The van der Waals surface area contributed by atoms with E-state index in [2.05, 4.69) is 10.6 Å². The van der Waals surface area contributed by atoms with Crippen molar-refractivity contribution in [3.63, 3.8) is 0 Å². The van der Waals surface area contributed by atoms with Crippen LogP contribution in [0.15, 0.2) is 39.9 Å². The number of rotatable bonds is 7. The molecule has 1 aromatic heterocycles. The molecule has 2 heterocycles. The van der Waals surface area contributed by atoms with Gasteiger partial charge in [0.2, 0.25) is 11.8 Å². The van der Waals surface area contributed by atoms with Crippen LogP contribution < -0.4 is 21.9 Å². The van der Waals surface area contributed by atoms with Crippen molar-refractivity contribution >= 4 is 17.6 Å². The Kier molecular flexibility index (Phi) is 5.77. The molecule has 3 rings (SSSR count). The molecular formula is C20H24N4O4. The van der Waals surface area contributed by atoms with Crippen LogP contribution in [0.3, 0.4) is 0 Å². The lowest BCUT2D eigenvalue weighted by molar-refractivity contribution is -0.125. The predicted molar refractivity (Wildman–Crippen MR) is 105 cm³/mol. The molecule has 0 bridgehead atoms. The molecule has 2 N–H and O–H groups in total. The van der Waals surface area contributed by atoms with Crippen molar-refractivity contribution in [1.29, 1.82) is 0 Å². The topological polar surface area (TPSA) is 102 Å². The molecule has 0 fully saturated rings. The molecule has 0 aliphatic carbocycles. The van der Waals surface area contributed by atoms with Gasteiger partial charge in [-0.15, -0.1) is 0 Å². The second-order valence-corrected chi connectivity index (χ2v) is 6.92. The summed E-state index contributed by atoms with van der Waals surface area (Å²) in [6, 6.07) is 9.42. The number of carbonyl (C=O) groups excluding carboxylic acids is 2. The average Bonchev–Trinajstić information content (AvgIpc) is 3.01. The van der Waals surface area contributed by atoms with Crippen molar-refractivity contribution < 1.29 is 9.59 Å². The van der Waals surface area contributed by atoms with Crippen LogP contribution in [0.2, 0.25) is 0 Å². The van der Waals surface area contributed by atoms with E-state index in [1.54, 1.807) is 0 Å². The van der Waals surface area contributed by atoms with Crippen molar-refractivity contribution in [3.8, 4) is 0 Å². The first-order chi connectivity index (χ1) is 13.4. The molecule has 0 saturated carbocycles. The number of nitrogens with one attached hydrogen (secondary N) is 2. The van der Waals surface area contributed by atoms with Crippen LogP contribution in [0, 0.1) is 0 Å². The highest BCUT2D eigenvalue weighted by Crippen LogP contribution is 2.31. The maximum atomic E-state index is 12.6. The smallest absolute Gasteiger partial charge is 0.332 e. The molecule has 8 heteroatoms. The quantitative estimate of drug-likeness (QED) is 0.746. The molecule has 1 aliphatic rings. The molecule has 0 radical (unpaired) electrons. The Morgan fingerprint density at radius 2 is 1.89 bits per heavy atom. The van der Waals surface area contributed by atoms with E-state index in [0.717, 1.165) is 23.0 Å². The van der Waals surface area contributed by atoms with Gasteiger partial charge in [-0.25, -0.2) is 4.79 Å². The summed E-state index contributed by atoms with van der Waals surface area (Å²) in [7, 11) is 1.39. The fourth-order valence-corrected chi connectivity index (χ4v) is 3.35. The van der Waals surface area contributed by atoms with Gasteiger partial charge >= 0.3 is 5.69 Å². The second-order valence-electron chi connectivity index (χ2n) is 6.92. The fraction of sp³-hybridized carbons (Fsp3) is 0.400. The minimum absolute atomic E-state index is 0.146. The van der Waals surface area contributed by atoms with Gasteiger partial charge in [0.25, 0.3) is 5.56 Å². The zero-order chi connectivity index (χ0) is 20.3. The third kappa shape index (κ3) is 3.76. The Hall–Kier alpha value is -3.16. The van der Waals surface area contributed by atoms with E-state index in [1.165, 1.54) is 11.6 Å². The second kappa shape index (κ2) is 8.24. The first-order valence-corrected chi connectivity index (χ1v) is 9.39. The summed E-state index contributed by atoms with van der Waals surface area (Å²) >= 11 is 0. The van der Waals surface area contributed by atoms with Crippen molar-refractivity contribution in [2.75, 3.05) is 5.32 Å². The van der Waals surface area contributed by atoms with Crippen molar-refractivity contribution in [2.45, 2.75) is 45.2 Å². The van der Waals surface area contributed by atoms with Crippen LogP contribution >= 0.6 is 0 Å². The normalized spacial score (nSPS) is 15.2. The first kappa shape index (κ1) is 19.6. The monoisotopic (exact) mass is 384 g/mol. The third-order valence-electron chi connectivity index (χ3n) is 4.94. The number of anilines is 1. The molecule has 1 unspecified atom stereocenters. The molecule has 1 atom stereocenters. The summed E-state index contributed by atoms with van der Waals surface area (Å²) < 4.78 is 2.42. The number of benzene rings is 1. The lowest BCUT2D eigenvalue weighted by atomic mass is 9.99. The van der Waals surface area contributed by atoms with Crippen molar-refractivity contribution in [1.82, 2.24) is 14.5 Å². The van der Waals surface area contributed by atoms with Gasteiger partial charge in [-0.05, 0) is 12.0 Å². The Morgan fingerprint density at radius 1 is 1.18 bits per heavy atom. The SMILES string of the molecule is CCCCn1c2c(c(=O)n(C)c1=O)C(CC(=O)NCc1ccccc1)C(=O)N2. The molecule has 148 valence electrons. The van der Waals surface area contributed by atoms with E-state index < -0.39 is 23.1 Å². The Bertz CT molecular complexity index is 1010. The summed E-state index contributed by atoms with van der Waals surface area (Å²) in [5.74, 6) is -1.44. The van der Waals surface area contributed by atoms with Gasteiger partial charge in [0.15, 0.2) is 0 Å². The molecule has 0 spiro atoms. The van der Waals surface area contributed by atoms with E-state index in [9.17, 15) is 19.2 Å². The molecule has 1 aliphatic heterocycles. The molecular weight excluding hydrogens is 360 g/mol. The molecule has 28 heavy (non-hydrogen) atoms. The number of carbonyl (C=O) groups is 2. The number of fused-ring (bicyclic) bond motifs is 1. The minimum Gasteiger partial charge on any atom is -0.352 e. The van der Waals surface area contributed by atoms with Gasteiger partial charge in [0, 0.05) is 26.6 Å². The first-order valence-electron chi connectivity index (χ1n) is 9.39. The van der Waals surface area contributed by atoms with E-state index in [1.807, 2.05) is 37.3 Å². The Balaban J connectivity index is 1.84. The van der Waals surface area contributed by atoms with Gasteiger partial charge in [0.1, 0.15) is 5.82 Å². The summed E-state index contributed by atoms with van der Waals surface area (Å²) in [5, 5.41) is 5.42. The van der Waals surface area contributed by atoms with E-state index in [-0.39, 0.29) is 23.7 Å². The highest BCUT2D eigenvalue weighted by atomic mass is 16.2. The number of nitrogens with zero attached hydrogens (tertiary/aromatic N) is 2. The van der Waals surface area contributed by atoms with Crippen molar-refractivity contribution in [2.24, 2.45) is 7.05 Å². The summed E-state index contributed by atoms with van der Waals surface area (Å²) in [4.78, 5) is 50.0. The van der Waals surface area contributed by atoms with Crippen LogP contribution in [0.5, 0.6) is 0 Å². The van der Waals surface area contributed by atoms with Crippen LogP contribution in [-0.2, 0) is 29.7 Å². The molecule has 2 amide bonds. The molecule has 0 saturated heterocycles. The molecule has 2 aromatic rings. The maximum absolute atomic E-state index is 12.6. The Morgan fingerprint density at radius 3 is 2.57 bits per heavy atom. The van der Waals surface area contributed by atoms with Gasteiger partial charge in [0.05, 0.1) is 11.5 Å². The average molecular weight is 384 g/mol. The number of hydrogen-bond donors (Lipinski definition) is 2. The minimum atomic E-state index is -0.905. The maximum Gasteiger partial charge on any atom is 0.332 e. The zero-order valence-electron chi connectivity index (χ0n) is 16.0. The largest absolute Gasteiger partial charge is 0.352 e. The molecule has 1 aromatic carbocycles. The van der Waals surface area contributed by atoms with Crippen LogP contribution in [-0.4, -0.2) is 20.9 Å². The van der Waals surface area contributed by atoms with Crippen LogP contribution in [0.25, 0.3) is 0 Å². The third-order valence-corrected chi connectivity index (χ3v) is 4.94. The fourth-order valence-electron chi connectivity index (χ4n) is 3.35. The Labute approximate surface area is 162 Å². The van der Waals surface area contributed by atoms with Gasteiger partial charge in [-0.1, -0.05) is 43.7 Å². The van der Waals surface area contributed by atoms with Gasteiger partial charge < -0.3 is 10.6 Å². The van der Waals surface area contributed by atoms with Crippen molar-refractivity contribution in [3.05, 3.63) is 62.3 Å². The summed E-state index contributed by atoms with van der Waals surface area (Å²) in [5.41, 5.74) is 0.133. The van der Waals surface area contributed by atoms with Gasteiger partial charge in [-0.2, -0.15) is 0 Å². The summed E-state index contributed by atoms with van der Waals surface area (Å²) in [6.07, 6.45) is 1.46. The van der Waals surface area contributed by atoms with E-state index in [0.29, 0.717) is 13.1 Å². The number of amides is 2.